The van der Waals surface area contributed by atoms with Crippen LogP contribution in [0.4, 0.5) is 0 Å². The van der Waals surface area contributed by atoms with Gasteiger partial charge in [0, 0.05) is 41.8 Å². The summed E-state index contributed by atoms with van der Waals surface area (Å²) in [6.45, 7) is 4.34. The molecule has 10 nitrogen and oxygen atoms in total. The predicted octanol–water partition coefficient (Wildman–Crippen LogP) is 3.33. The van der Waals surface area contributed by atoms with Gasteiger partial charge in [0.2, 0.25) is 17.7 Å². The molecular weight excluding hydrogens is 546 g/mol. The van der Waals surface area contributed by atoms with Crippen LogP contribution in [0, 0.1) is 5.92 Å². The number of carbonyl (C=O) groups excluding carboxylic acids is 3. The molecule has 43 heavy (non-hydrogen) atoms. The van der Waals surface area contributed by atoms with Crippen LogP contribution in [0.2, 0.25) is 0 Å². The van der Waals surface area contributed by atoms with Gasteiger partial charge < -0.3 is 30.0 Å². The Morgan fingerprint density at radius 2 is 1.93 bits per heavy atom. The van der Waals surface area contributed by atoms with Gasteiger partial charge in [0.25, 0.3) is 0 Å². The van der Waals surface area contributed by atoms with Gasteiger partial charge in [-0.25, -0.2) is 0 Å². The quantitative estimate of drug-likeness (QED) is 0.391. The van der Waals surface area contributed by atoms with Crippen LogP contribution < -0.4 is 20.1 Å². The molecule has 2 aliphatic rings. The van der Waals surface area contributed by atoms with E-state index >= 15 is 0 Å². The van der Waals surface area contributed by atoms with E-state index in [4.69, 9.17) is 9.47 Å². The number of ether oxygens (including phenoxy) is 2. The molecule has 3 amide bonds. The number of H-pyrrole nitrogens is 1. The Bertz CT molecular complexity index is 1510. The fraction of sp³-hybridized carbons (Fsp3) is 0.424. The van der Waals surface area contributed by atoms with E-state index in [1.165, 1.54) is 0 Å². The molecule has 1 saturated heterocycles. The Morgan fingerprint density at radius 1 is 1.14 bits per heavy atom. The fourth-order valence-corrected chi connectivity index (χ4v) is 6.00. The Balaban J connectivity index is 1.49. The highest BCUT2D eigenvalue weighted by Crippen LogP contribution is 2.31. The number of likely N-dealkylation sites (tertiary alicyclic amines) is 1. The van der Waals surface area contributed by atoms with Gasteiger partial charge in [-0.15, -0.1) is 0 Å². The lowest BCUT2D eigenvalue weighted by molar-refractivity contribution is -0.144. The monoisotopic (exact) mass is 587 g/mol. The Morgan fingerprint density at radius 3 is 2.67 bits per heavy atom. The van der Waals surface area contributed by atoms with Gasteiger partial charge in [0.1, 0.15) is 29.7 Å². The first-order chi connectivity index (χ1) is 20.7. The normalized spacial score (nSPS) is 21.4. The molecule has 228 valence electrons. The lowest BCUT2D eigenvalue weighted by atomic mass is 10.0. The summed E-state index contributed by atoms with van der Waals surface area (Å²) in [5, 5.41) is 6.83. The third-order valence-electron chi connectivity index (χ3n) is 8.21. The van der Waals surface area contributed by atoms with Crippen LogP contribution in [0.25, 0.3) is 17.0 Å². The zero-order valence-electron chi connectivity index (χ0n) is 25.4. The molecule has 0 saturated carbocycles. The van der Waals surface area contributed by atoms with E-state index in [1.807, 2.05) is 69.4 Å². The second-order valence-electron chi connectivity index (χ2n) is 11.9. The minimum Gasteiger partial charge on any atom is -0.496 e. The van der Waals surface area contributed by atoms with Crippen LogP contribution >= 0.6 is 0 Å². The SMILES string of the molecule is COc1ccc2cc1C=CNC(=O)C(CC(C)C)NC(=O)C1C(CCN1C(=O)C(Cc1c[nH]c3ccccc13)N(C)C)O2. The first-order valence-corrected chi connectivity index (χ1v) is 14.8. The average Bonchev–Trinajstić information content (AvgIpc) is 3.58. The highest BCUT2D eigenvalue weighted by Gasteiger charge is 2.46. The Kier molecular flexibility index (Phi) is 9.05. The van der Waals surface area contributed by atoms with Crippen LogP contribution in [-0.4, -0.2) is 84.5 Å². The smallest absolute Gasteiger partial charge is 0.247 e. The molecule has 0 spiro atoms. The van der Waals surface area contributed by atoms with E-state index in [0.29, 0.717) is 42.9 Å². The molecule has 5 rings (SSSR count). The van der Waals surface area contributed by atoms with Crippen molar-refractivity contribution in [2.75, 3.05) is 27.7 Å². The maximum Gasteiger partial charge on any atom is 0.247 e. The Hall–Kier alpha value is -4.31. The number of hydrogen-bond donors (Lipinski definition) is 3. The summed E-state index contributed by atoms with van der Waals surface area (Å²) >= 11 is 0. The molecule has 1 fully saturated rings. The van der Waals surface area contributed by atoms with Crippen LogP contribution in [0.1, 0.15) is 37.8 Å². The summed E-state index contributed by atoms with van der Waals surface area (Å²) in [6, 6.07) is 11.2. The van der Waals surface area contributed by atoms with Crippen LogP contribution in [0.3, 0.4) is 0 Å². The lowest BCUT2D eigenvalue weighted by Gasteiger charge is -2.33. The number of para-hydroxylation sites is 1. The molecule has 2 aromatic carbocycles. The van der Waals surface area contributed by atoms with E-state index in [1.54, 1.807) is 36.4 Å². The molecular formula is C33H41N5O5. The van der Waals surface area contributed by atoms with Gasteiger partial charge in [-0.3, -0.25) is 19.3 Å². The summed E-state index contributed by atoms with van der Waals surface area (Å²) in [5.74, 6) is 0.419. The standard InChI is InChI=1S/C33H41N5O5/c1-20(2)16-26-31(39)34-14-12-21-17-23(10-11-28(21)42-5)43-29-13-15-38(30(29)32(40)36-26)33(41)27(37(3)4)18-22-19-35-25-9-7-6-8-24(22)25/h6-12,14,17,19-20,26-27,29-30,35H,13,15-16,18H2,1-5H3,(H,34,39)(H,36,40). The molecule has 10 heteroatoms. The minimum absolute atomic E-state index is 0.147. The Labute approximate surface area is 252 Å². The summed E-state index contributed by atoms with van der Waals surface area (Å²) in [4.78, 5) is 48.4. The summed E-state index contributed by atoms with van der Waals surface area (Å²) in [5.41, 5.74) is 2.75. The second-order valence-corrected chi connectivity index (χ2v) is 11.9. The number of rotatable bonds is 7. The van der Waals surface area contributed by atoms with Crippen molar-refractivity contribution >= 4 is 34.7 Å². The van der Waals surface area contributed by atoms with Gasteiger partial charge in [0.05, 0.1) is 13.2 Å². The molecule has 4 atom stereocenters. The van der Waals surface area contributed by atoms with E-state index in [9.17, 15) is 14.4 Å². The third-order valence-corrected chi connectivity index (χ3v) is 8.21. The number of aromatic nitrogens is 1. The van der Waals surface area contributed by atoms with Crippen molar-refractivity contribution in [3.8, 4) is 11.5 Å². The summed E-state index contributed by atoms with van der Waals surface area (Å²) in [7, 11) is 5.33. The number of aromatic amines is 1. The molecule has 3 heterocycles. The number of benzene rings is 2. The van der Waals surface area contributed by atoms with Crippen molar-refractivity contribution in [1.82, 2.24) is 25.4 Å². The first kappa shape index (κ1) is 30.2. The molecule has 2 aliphatic heterocycles. The van der Waals surface area contributed by atoms with E-state index < -0.39 is 30.1 Å². The number of nitrogens with zero attached hydrogens (tertiary/aromatic N) is 2. The van der Waals surface area contributed by atoms with Gasteiger partial charge in [0.15, 0.2) is 0 Å². The number of carbonyl (C=O) groups is 3. The average molecular weight is 588 g/mol. The van der Waals surface area contributed by atoms with Gasteiger partial charge in [-0.2, -0.15) is 0 Å². The minimum atomic E-state index is -0.917. The van der Waals surface area contributed by atoms with Crippen LogP contribution in [0.15, 0.2) is 54.9 Å². The topological polar surface area (TPSA) is 116 Å². The number of nitrogens with one attached hydrogen (secondary N) is 3. The highest BCUT2D eigenvalue weighted by molar-refractivity contribution is 5.95. The molecule has 1 aromatic heterocycles. The maximum atomic E-state index is 14.3. The largest absolute Gasteiger partial charge is 0.496 e. The van der Waals surface area contributed by atoms with Crippen molar-refractivity contribution < 1.29 is 23.9 Å². The summed E-state index contributed by atoms with van der Waals surface area (Å²) < 4.78 is 11.9. The predicted molar refractivity (Wildman–Crippen MR) is 166 cm³/mol. The van der Waals surface area contributed by atoms with Gasteiger partial charge in [-0.1, -0.05) is 32.0 Å². The molecule has 3 aromatic rings. The van der Waals surface area contributed by atoms with E-state index in [2.05, 4.69) is 15.6 Å². The lowest BCUT2D eigenvalue weighted by Crippen LogP contribution is -2.58. The number of hydrogen-bond acceptors (Lipinski definition) is 6. The molecule has 4 unspecified atom stereocenters. The number of likely N-dealkylation sites (N-methyl/N-ethyl adjacent to an activating group) is 1. The van der Waals surface area contributed by atoms with Gasteiger partial charge >= 0.3 is 0 Å². The number of amides is 3. The van der Waals surface area contributed by atoms with Crippen molar-refractivity contribution in [3.05, 3.63) is 66.0 Å². The highest BCUT2D eigenvalue weighted by atomic mass is 16.5. The molecule has 0 aliphatic carbocycles. The van der Waals surface area contributed by atoms with Crippen molar-refractivity contribution in [1.29, 1.82) is 0 Å². The van der Waals surface area contributed by atoms with E-state index in [-0.39, 0.29) is 17.7 Å². The van der Waals surface area contributed by atoms with Crippen molar-refractivity contribution in [2.24, 2.45) is 5.92 Å². The first-order valence-electron chi connectivity index (χ1n) is 14.8. The fourth-order valence-electron chi connectivity index (χ4n) is 6.00. The maximum absolute atomic E-state index is 14.3. The zero-order valence-corrected chi connectivity index (χ0v) is 25.4. The molecule has 2 bridgehead atoms. The second kappa shape index (κ2) is 12.9. The van der Waals surface area contributed by atoms with E-state index in [0.717, 1.165) is 16.5 Å². The summed E-state index contributed by atoms with van der Waals surface area (Å²) in [6.07, 6.45) is 6.01. The van der Waals surface area contributed by atoms with Crippen LogP contribution in [-0.2, 0) is 20.8 Å². The van der Waals surface area contributed by atoms with Gasteiger partial charge in [-0.05, 0) is 68.8 Å². The van der Waals surface area contributed by atoms with Crippen molar-refractivity contribution in [2.45, 2.75) is 57.3 Å². The molecule has 3 N–H and O–H groups in total. The number of fused-ring (bicyclic) bond motifs is 4. The third kappa shape index (κ3) is 6.54. The zero-order chi connectivity index (χ0) is 30.7. The van der Waals surface area contributed by atoms with Crippen LogP contribution in [0.5, 0.6) is 11.5 Å². The number of methoxy groups -OCH3 is 1. The molecule has 0 radical (unpaired) electrons. The van der Waals surface area contributed by atoms with Crippen molar-refractivity contribution in [3.63, 3.8) is 0 Å².